The Labute approximate surface area is 138 Å². The van der Waals surface area contributed by atoms with Crippen molar-refractivity contribution < 1.29 is 18.7 Å². The Morgan fingerprint density at radius 1 is 1.25 bits per heavy atom. The van der Waals surface area contributed by atoms with Crippen LogP contribution in [-0.4, -0.2) is 22.9 Å². The van der Waals surface area contributed by atoms with Gasteiger partial charge in [0.1, 0.15) is 18.2 Å². The van der Waals surface area contributed by atoms with E-state index in [1.54, 1.807) is 0 Å². The lowest BCUT2D eigenvalue weighted by atomic mass is 10.2. The van der Waals surface area contributed by atoms with Crippen molar-refractivity contribution in [2.24, 2.45) is 0 Å². The number of halogens is 1. The molecular weight excluding hydrogens is 311 g/mol. The Bertz CT molecular complexity index is 889. The summed E-state index contributed by atoms with van der Waals surface area (Å²) in [6.07, 6.45) is 0.443. The number of benzene rings is 2. The quantitative estimate of drug-likeness (QED) is 0.649. The summed E-state index contributed by atoms with van der Waals surface area (Å²) in [5.74, 6) is 0.624. The zero-order chi connectivity index (χ0) is 17.1. The Kier molecular flexibility index (Phi) is 4.46. The molecule has 0 aliphatic rings. The third-order valence-electron chi connectivity index (χ3n) is 3.82. The van der Waals surface area contributed by atoms with Crippen LogP contribution in [0, 0.1) is 5.82 Å². The van der Waals surface area contributed by atoms with Gasteiger partial charge in [-0.2, -0.15) is 0 Å². The SMILES string of the molecule is CCn1c(COc2cc(F)c(C=O)cc2OC)nc2ccccc21. The summed E-state index contributed by atoms with van der Waals surface area (Å²) in [6.45, 7) is 2.93. The van der Waals surface area contributed by atoms with Crippen LogP contribution in [-0.2, 0) is 13.2 Å². The van der Waals surface area contributed by atoms with E-state index in [9.17, 15) is 9.18 Å². The zero-order valence-electron chi connectivity index (χ0n) is 13.5. The molecular formula is C18H17FN2O3. The van der Waals surface area contributed by atoms with E-state index in [4.69, 9.17) is 9.47 Å². The Morgan fingerprint density at radius 2 is 2.04 bits per heavy atom. The van der Waals surface area contributed by atoms with Gasteiger partial charge in [0.2, 0.25) is 0 Å². The van der Waals surface area contributed by atoms with Crippen LogP contribution in [0.2, 0.25) is 0 Å². The van der Waals surface area contributed by atoms with Gasteiger partial charge in [0, 0.05) is 12.6 Å². The molecule has 1 aromatic heterocycles. The van der Waals surface area contributed by atoms with Gasteiger partial charge in [-0.1, -0.05) is 12.1 Å². The highest BCUT2D eigenvalue weighted by Gasteiger charge is 2.14. The summed E-state index contributed by atoms with van der Waals surface area (Å²) in [6, 6.07) is 10.3. The predicted molar refractivity (Wildman–Crippen MR) is 88.1 cm³/mol. The van der Waals surface area contributed by atoms with Crippen molar-refractivity contribution in [1.29, 1.82) is 0 Å². The van der Waals surface area contributed by atoms with E-state index in [1.165, 1.54) is 13.2 Å². The molecule has 24 heavy (non-hydrogen) atoms. The number of methoxy groups -OCH3 is 1. The van der Waals surface area contributed by atoms with Crippen molar-refractivity contribution in [1.82, 2.24) is 9.55 Å². The third kappa shape index (κ3) is 2.82. The molecule has 0 radical (unpaired) electrons. The maximum Gasteiger partial charge on any atom is 0.164 e. The molecule has 0 aliphatic carbocycles. The van der Waals surface area contributed by atoms with E-state index in [-0.39, 0.29) is 17.9 Å². The molecule has 6 heteroatoms. The Morgan fingerprint density at radius 3 is 2.75 bits per heavy atom. The number of para-hydroxylation sites is 2. The first-order chi connectivity index (χ1) is 11.7. The van der Waals surface area contributed by atoms with Crippen LogP contribution in [0.3, 0.4) is 0 Å². The highest BCUT2D eigenvalue weighted by molar-refractivity contribution is 5.77. The Balaban J connectivity index is 1.91. The maximum absolute atomic E-state index is 13.8. The van der Waals surface area contributed by atoms with Gasteiger partial charge in [-0.3, -0.25) is 4.79 Å². The van der Waals surface area contributed by atoms with Crippen LogP contribution < -0.4 is 9.47 Å². The van der Waals surface area contributed by atoms with Crippen LogP contribution in [0.1, 0.15) is 23.1 Å². The molecule has 0 spiro atoms. The molecule has 0 saturated heterocycles. The number of imidazole rings is 1. The molecule has 5 nitrogen and oxygen atoms in total. The number of nitrogens with zero attached hydrogens (tertiary/aromatic N) is 2. The fourth-order valence-electron chi connectivity index (χ4n) is 2.64. The average molecular weight is 328 g/mol. The molecule has 0 atom stereocenters. The summed E-state index contributed by atoms with van der Waals surface area (Å²) in [7, 11) is 1.44. The van der Waals surface area contributed by atoms with Crippen molar-refractivity contribution in [2.75, 3.05) is 7.11 Å². The molecule has 3 rings (SSSR count). The first kappa shape index (κ1) is 16.0. The molecule has 0 amide bonds. The lowest BCUT2D eigenvalue weighted by Gasteiger charge is -2.12. The van der Waals surface area contributed by atoms with Gasteiger partial charge in [-0.25, -0.2) is 9.37 Å². The minimum atomic E-state index is -0.648. The second-order valence-corrected chi connectivity index (χ2v) is 5.19. The van der Waals surface area contributed by atoms with Crippen molar-refractivity contribution >= 4 is 17.3 Å². The average Bonchev–Trinajstić information content (AvgIpc) is 2.97. The largest absolute Gasteiger partial charge is 0.493 e. The second-order valence-electron chi connectivity index (χ2n) is 5.19. The van der Waals surface area contributed by atoms with Gasteiger partial charge in [-0.15, -0.1) is 0 Å². The van der Waals surface area contributed by atoms with Crippen molar-refractivity contribution in [3.05, 3.63) is 53.6 Å². The molecule has 0 aliphatic heterocycles. The van der Waals surface area contributed by atoms with E-state index in [1.807, 2.05) is 35.8 Å². The van der Waals surface area contributed by atoms with Gasteiger partial charge in [0.15, 0.2) is 17.8 Å². The fourth-order valence-corrected chi connectivity index (χ4v) is 2.64. The lowest BCUT2D eigenvalue weighted by Crippen LogP contribution is -2.07. The number of aryl methyl sites for hydroxylation is 1. The number of carbonyl (C=O) groups is 1. The van der Waals surface area contributed by atoms with E-state index >= 15 is 0 Å². The number of hydrogen-bond donors (Lipinski definition) is 0. The topological polar surface area (TPSA) is 53.4 Å². The van der Waals surface area contributed by atoms with Gasteiger partial charge in [0.25, 0.3) is 0 Å². The van der Waals surface area contributed by atoms with E-state index < -0.39 is 5.82 Å². The lowest BCUT2D eigenvalue weighted by molar-refractivity contribution is 0.111. The summed E-state index contributed by atoms with van der Waals surface area (Å²) in [5.41, 5.74) is 1.83. The molecule has 0 bridgehead atoms. The molecule has 0 N–H and O–H groups in total. The molecule has 124 valence electrons. The second kappa shape index (κ2) is 6.70. The molecule has 3 aromatic rings. The van der Waals surface area contributed by atoms with Crippen LogP contribution in [0.25, 0.3) is 11.0 Å². The Hall–Kier alpha value is -2.89. The zero-order valence-corrected chi connectivity index (χ0v) is 13.5. The number of fused-ring (bicyclic) bond motifs is 1. The fraction of sp³-hybridized carbons (Fsp3) is 0.222. The van der Waals surface area contributed by atoms with Crippen LogP contribution in [0.5, 0.6) is 11.5 Å². The molecule has 1 heterocycles. The minimum Gasteiger partial charge on any atom is -0.493 e. The number of rotatable bonds is 6. The number of aldehydes is 1. The van der Waals surface area contributed by atoms with Crippen molar-refractivity contribution in [3.63, 3.8) is 0 Å². The molecule has 2 aromatic carbocycles. The maximum atomic E-state index is 13.8. The van der Waals surface area contributed by atoms with Gasteiger partial charge < -0.3 is 14.0 Å². The summed E-state index contributed by atoms with van der Waals surface area (Å²) >= 11 is 0. The first-order valence-electron chi connectivity index (χ1n) is 7.57. The van der Waals surface area contributed by atoms with E-state index in [0.717, 1.165) is 29.5 Å². The summed E-state index contributed by atoms with van der Waals surface area (Å²) in [5, 5.41) is 0. The van der Waals surface area contributed by atoms with Crippen LogP contribution in [0.15, 0.2) is 36.4 Å². The van der Waals surface area contributed by atoms with E-state index in [0.29, 0.717) is 12.0 Å². The van der Waals surface area contributed by atoms with Crippen LogP contribution in [0.4, 0.5) is 4.39 Å². The molecule has 0 unspecified atom stereocenters. The highest BCUT2D eigenvalue weighted by Crippen LogP contribution is 2.30. The standard InChI is InChI=1S/C18H17FN2O3/c1-3-21-15-7-5-4-6-14(15)20-18(21)11-24-17-9-13(19)12(10-22)8-16(17)23-2/h4-10H,3,11H2,1-2H3. The predicted octanol–water partition coefficient (Wildman–Crippen LogP) is 3.60. The first-order valence-corrected chi connectivity index (χ1v) is 7.57. The monoisotopic (exact) mass is 328 g/mol. The molecule has 0 saturated carbocycles. The van der Waals surface area contributed by atoms with Crippen molar-refractivity contribution in [3.8, 4) is 11.5 Å². The number of carbonyl (C=O) groups excluding carboxylic acids is 1. The molecule has 0 fully saturated rings. The van der Waals surface area contributed by atoms with Crippen molar-refractivity contribution in [2.45, 2.75) is 20.1 Å². The third-order valence-corrected chi connectivity index (χ3v) is 3.82. The van der Waals surface area contributed by atoms with Crippen LogP contribution >= 0.6 is 0 Å². The van der Waals surface area contributed by atoms with Gasteiger partial charge in [-0.05, 0) is 25.1 Å². The smallest absolute Gasteiger partial charge is 0.164 e. The highest BCUT2D eigenvalue weighted by atomic mass is 19.1. The van der Waals surface area contributed by atoms with Gasteiger partial charge >= 0.3 is 0 Å². The summed E-state index contributed by atoms with van der Waals surface area (Å²) < 4.78 is 26.7. The summed E-state index contributed by atoms with van der Waals surface area (Å²) in [4.78, 5) is 15.4. The number of ether oxygens (including phenoxy) is 2. The minimum absolute atomic E-state index is 0.0694. The van der Waals surface area contributed by atoms with E-state index in [2.05, 4.69) is 4.98 Å². The normalized spacial score (nSPS) is 10.8. The van der Waals surface area contributed by atoms with Gasteiger partial charge in [0.05, 0.1) is 23.7 Å². The number of aromatic nitrogens is 2. The number of hydrogen-bond acceptors (Lipinski definition) is 4.